The lowest BCUT2D eigenvalue weighted by Gasteiger charge is -2.08. The highest BCUT2D eigenvalue weighted by Crippen LogP contribution is 2.24. The summed E-state index contributed by atoms with van der Waals surface area (Å²) >= 11 is 3.21. The van der Waals surface area contributed by atoms with Crippen LogP contribution in [-0.4, -0.2) is 4.92 Å². The van der Waals surface area contributed by atoms with Crippen LogP contribution in [0.2, 0.25) is 0 Å². The molecule has 0 aliphatic heterocycles. The second-order valence-electron chi connectivity index (χ2n) is 4.27. The van der Waals surface area contributed by atoms with Gasteiger partial charge in [0.25, 0.3) is 5.69 Å². The van der Waals surface area contributed by atoms with Crippen LogP contribution in [-0.2, 0) is 6.61 Å². The zero-order valence-electron chi connectivity index (χ0n) is 10.6. The van der Waals surface area contributed by atoms with E-state index < -0.39 is 4.92 Å². The molecule has 0 aliphatic carbocycles. The quantitative estimate of drug-likeness (QED) is 0.613. The monoisotopic (exact) mass is 339 g/mol. The number of aryl methyl sites for hydroxylation is 1. The Kier molecular flexibility index (Phi) is 4.34. The van der Waals surface area contributed by atoms with Crippen LogP contribution >= 0.6 is 15.9 Å². The number of nitro groups is 1. The molecule has 0 bridgehead atoms. The van der Waals surface area contributed by atoms with Crippen molar-refractivity contribution in [3.05, 3.63) is 67.9 Å². The van der Waals surface area contributed by atoms with Crippen molar-refractivity contribution >= 4 is 21.6 Å². The summed E-state index contributed by atoms with van der Waals surface area (Å²) in [5.41, 5.74) is 1.24. The fourth-order valence-corrected chi connectivity index (χ4v) is 2.30. The molecule has 0 fully saturated rings. The molecule has 0 spiro atoms. The molecule has 0 aromatic heterocycles. The van der Waals surface area contributed by atoms with E-state index in [0.717, 1.165) is 0 Å². The molecule has 104 valence electrons. The number of hydrogen-bond acceptors (Lipinski definition) is 3. The summed E-state index contributed by atoms with van der Waals surface area (Å²) in [5.74, 6) is 0.159. The third-order valence-corrected chi connectivity index (χ3v) is 3.15. The molecule has 0 amide bonds. The largest absolute Gasteiger partial charge is 0.489 e. The summed E-state index contributed by atoms with van der Waals surface area (Å²) in [4.78, 5) is 10.3. The summed E-state index contributed by atoms with van der Waals surface area (Å²) in [7, 11) is 0. The van der Waals surface area contributed by atoms with Crippen molar-refractivity contribution in [3.8, 4) is 5.75 Å². The van der Waals surface area contributed by atoms with Crippen LogP contribution in [0.1, 0.15) is 11.1 Å². The molecule has 6 heteroatoms. The molecule has 0 saturated heterocycles. The predicted molar refractivity (Wildman–Crippen MR) is 76.3 cm³/mol. The normalized spacial score (nSPS) is 10.3. The number of hydrogen-bond donors (Lipinski definition) is 0. The summed E-state index contributed by atoms with van der Waals surface area (Å²) in [6.07, 6.45) is 0. The highest BCUT2D eigenvalue weighted by atomic mass is 79.9. The van der Waals surface area contributed by atoms with Crippen LogP contribution in [0.3, 0.4) is 0 Å². The minimum atomic E-state index is -0.442. The maximum absolute atomic E-state index is 13.2. The first kappa shape index (κ1) is 14.5. The Labute approximate surface area is 123 Å². The van der Waals surface area contributed by atoms with Gasteiger partial charge < -0.3 is 4.74 Å². The second-order valence-corrected chi connectivity index (χ2v) is 5.19. The second kappa shape index (κ2) is 6.00. The van der Waals surface area contributed by atoms with Gasteiger partial charge in [-0.1, -0.05) is 15.9 Å². The Bertz CT molecular complexity index is 641. The number of benzene rings is 2. The molecule has 2 rings (SSSR count). The van der Waals surface area contributed by atoms with E-state index in [1.165, 1.54) is 24.3 Å². The molecule has 0 aliphatic rings. The molecule has 0 atom stereocenters. The Morgan fingerprint density at radius 2 is 2.05 bits per heavy atom. The van der Waals surface area contributed by atoms with Crippen molar-refractivity contribution in [1.82, 2.24) is 0 Å². The van der Waals surface area contributed by atoms with E-state index in [4.69, 9.17) is 4.74 Å². The molecule has 0 saturated carbocycles. The van der Waals surface area contributed by atoms with Gasteiger partial charge >= 0.3 is 0 Å². The topological polar surface area (TPSA) is 52.4 Å². The minimum Gasteiger partial charge on any atom is -0.489 e. The average Bonchev–Trinajstić information content (AvgIpc) is 2.35. The maximum atomic E-state index is 13.2. The summed E-state index contributed by atoms with van der Waals surface area (Å²) in [6.45, 7) is 1.83. The third kappa shape index (κ3) is 3.54. The molecule has 2 aromatic rings. The Morgan fingerprint density at radius 1 is 1.30 bits per heavy atom. The summed E-state index contributed by atoms with van der Waals surface area (Å²) in [5, 5.41) is 10.7. The van der Waals surface area contributed by atoms with Gasteiger partial charge in [0.05, 0.1) is 4.92 Å². The lowest BCUT2D eigenvalue weighted by Crippen LogP contribution is -1.98. The van der Waals surface area contributed by atoms with Gasteiger partial charge in [-0.05, 0) is 42.8 Å². The Hall–Kier alpha value is -1.95. The average molecular weight is 340 g/mol. The molecule has 2 aromatic carbocycles. The molecule has 20 heavy (non-hydrogen) atoms. The van der Waals surface area contributed by atoms with E-state index in [0.29, 0.717) is 21.3 Å². The van der Waals surface area contributed by atoms with Crippen LogP contribution in [0.15, 0.2) is 40.9 Å². The van der Waals surface area contributed by atoms with Gasteiger partial charge in [-0.25, -0.2) is 4.39 Å². The number of ether oxygens (including phenoxy) is 1. The number of halogens is 2. The van der Waals surface area contributed by atoms with E-state index in [9.17, 15) is 14.5 Å². The van der Waals surface area contributed by atoms with Crippen molar-refractivity contribution in [2.24, 2.45) is 0 Å². The standard InChI is InChI=1S/C14H11BrFNO3/c1-9-4-13(2-3-14(9)17(18)19)20-8-10-5-11(15)7-12(16)6-10/h2-7H,8H2,1H3. The zero-order chi connectivity index (χ0) is 14.7. The smallest absolute Gasteiger partial charge is 0.272 e. The van der Waals surface area contributed by atoms with Crippen molar-refractivity contribution in [2.45, 2.75) is 13.5 Å². The van der Waals surface area contributed by atoms with Crippen molar-refractivity contribution in [3.63, 3.8) is 0 Å². The highest BCUT2D eigenvalue weighted by molar-refractivity contribution is 9.10. The first-order chi connectivity index (χ1) is 9.45. The van der Waals surface area contributed by atoms with Crippen LogP contribution in [0, 0.1) is 22.9 Å². The fourth-order valence-electron chi connectivity index (χ4n) is 1.78. The zero-order valence-corrected chi connectivity index (χ0v) is 12.2. The Balaban J connectivity index is 2.11. The number of nitrogens with zero attached hydrogens (tertiary/aromatic N) is 1. The van der Waals surface area contributed by atoms with Gasteiger partial charge in [0.1, 0.15) is 18.2 Å². The SMILES string of the molecule is Cc1cc(OCc2cc(F)cc(Br)c2)ccc1[N+](=O)[O-]. The fraction of sp³-hybridized carbons (Fsp3) is 0.143. The van der Waals surface area contributed by atoms with Crippen molar-refractivity contribution < 1.29 is 14.1 Å². The van der Waals surface area contributed by atoms with Gasteiger partial charge in [0.15, 0.2) is 0 Å². The minimum absolute atomic E-state index is 0.0471. The first-order valence-corrected chi connectivity index (χ1v) is 6.58. The van der Waals surface area contributed by atoms with Crippen LogP contribution in [0.5, 0.6) is 5.75 Å². The lowest BCUT2D eigenvalue weighted by atomic mass is 10.2. The van der Waals surface area contributed by atoms with Gasteiger partial charge in [0.2, 0.25) is 0 Å². The van der Waals surface area contributed by atoms with Gasteiger partial charge in [-0.2, -0.15) is 0 Å². The Morgan fingerprint density at radius 3 is 2.65 bits per heavy atom. The predicted octanol–water partition coefficient (Wildman–Crippen LogP) is 4.38. The molecule has 0 heterocycles. The van der Waals surface area contributed by atoms with Crippen molar-refractivity contribution in [1.29, 1.82) is 0 Å². The van der Waals surface area contributed by atoms with Crippen LogP contribution < -0.4 is 4.74 Å². The van der Waals surface area contributed by atoms with Gasteiger partial charge in [0, 0.05) is 16.1 Å². The molecule has 0 N–H and O–H groups in total. The summed E-state index contributed by atoms with van der Waals surface area (Å²) < 4.78 is 19.3. The van der Waals surface area contributed by atoms with E-state index in [1.807, 2.05) is 0 Å². The van der Waals surface area contributed by atoms with Crippen molar-refractivity contribution in [2.75, 3.05) is 0 Å². The van der Waals surface area contributed by atoms with E-state index >= 15 is 0 Å². The van der Waals surface area contributed by atoms with E-state index in [-0.39, 0.29) is 18.1 Å². The number of nitro benzene ring substituents is 1. The molecular weight excluding hydrogens is 329 g/mol. The molecule has 0 radical (unpaired) electrons. The first-order valence-electron chi connectivity index (χ1n) is 5.78. The lowest BCUT2D eigenvalue weighted by molar-refractivity contribution is -0.385. The van der Waals surface area contributed by atoms with Crippen LogP contribution in [0.4, 0.5) is 10.1 Å². The maximum Gasteiger partial charge on any atom is 0.272 e. The van der Waals surface area contributed by atoms with E-state index in [1.54, 1.807) is 19.1 Å². The number of rotatable bonds is 4. The molecule has 0 unspecified atom stereocenters. The van der Waals surface area contributed by atoms with E-state index in [2.05, 4.69) is 15.9 Å². The third-order valence-electron chi connectivity index (χ3n) is 2.69. The van der Waals surface area contributed by atoms with Crippen LogP contribution in [0.25, 0.3) is 0 Å². The van der Waals surface area contributed by atoms with Gasteiger partial charge in [-0.3, -0.25) is 10.1 Å². The summed E-state index contributed by atoms with van der Waals surface area (Å²) in [6, 6.07) is 9.00. The van der Waals surface area contributed by atoms with Gasteiger partial charge in [-0.15, -0.1) is 0 Å². The molecule has 4 nitrogen and oxygen atoms in total. The highest BCUT2D eigenvalue weighted by Gasteiger charge is 2.10. The molecular formula is C14H11BrFNO3.